The van der Waals surface area contributed by atoms with Crippen LogP contribution in [0, 0.1) is 0 Å². The van der Waals surface area contributed by atoms with Gasteiger partial charge in [0, 0.05) is 18.2 Å². The van der Waals surface area contributed by atoms with Gasteiger partial charge in [0.05, 0.1) is 6.04 Å². The summed E-state index contributed by atoms with van der Waals surface area (Å²) in [6.07, 6.45) is 0.212. The number of carbonyl (C=O) groups is 4. The van der Waals surface area contributed by atoms with E-state index < -0.39 is 42.3 Å². The van der Waals surface area contributed by atoms with Crippen LogP contribution >= 0.6 is 12.6 Å². The van der Waals surface area contributed by atoms with Crippen LogP contribution in [0.3, 0.4) is 0 Å². The number of hydrogen-bond donors (Lipinski definition) is 6. The number of carboxylic acid groups (broad SMARTS) is 1. The second-order valence-corrected chi connectivity index (χ2v) is 5.60. The molecule has 9 nitrogen and oxygen atoms in total. The van der Waals surface area contributed by atoms with Gasteiger partial charge in [0.25, 0.3) is 0 Å². The highest BCUT2D eigenvalue weighted by Gasteiger charge is 2.25. The fourth-order valence-electron chi connectivity index (χ4n) is 1.73. The predicted molar refractivity (Wildman–Crippen MR) is 86.9 cm³/mol. The summed E-state index contributed by atoms with van der Waals surface area (Å²) in [6.45, 7) is 3.12. The molecule has 0 aliphatic carbocycles. The van der Waals surface area contributed by atoms with E-state index in [9.17, 15) is 19.2 Å². The van der Waals surface area contributed by atoms with Crippen LogP contribution in [0.2, 0.25) is 0 Å². The molecule has 10 heteroatoms. The average Bonchev–Trinajstić information content (AvgIpc) is 2.45. The van der Waals surface area contributed by atoms with Crippen LogP contribution in [-0.2, 0) is 19.2 Å². The van der Waals surface area contributed by atoms with Gasteiger partial charge >= 0.3 is 5.97 Å². The topological polar surface area (TPSA) is 151 Å². The first-order chi connectivity index (χ1) is 10.7. The van der Waals surface area contributed by atoms with E-state index in [2.05, 4.69) is 28.6 Å². The maximum Gasteiger partial charge on any atom is 0.322 e. The molecule has 132 valence electrons. The zero-order valence-corrected chi connectivity index (χ0v) is 14.1. The molecule has 0 aliphatic heterocycles. The molecule has 0 radical (unpaired) electrons. The van der Waals surface area contributed by atoms with Crippen molar-refractivity contribution in [3.05, 3.63) is 0 Å². The van der Waals surface area contributed by atoms with Crippen molar-refractivity contribution in [2.75, 3.05) is 12.3 Å². The van der Waals surface area contributed by atoms with E-state index in [-0.39, 0.29) is 24.6 Å². The number of aliphatic carboxylic acids is 1. The molecule has 6 N–H and O–H groups in total. The van der Waals surface area contributed by atoms with Gasteiger partial charge < -0.3 is 26.8 Å². The summed E-state index contributed by atoms with van der Waals surface area (Å²) >= 11 is 3.98. The van der Waals surface area contributed by atoms with Crippen molar-refractivity contribution < 1.29 is 24.3 Å². The lowest BCUT2D eigenvalue weighted by atomic mass is 10.1. The summed E-state index contributed by atoms with van der Waals surface area (Å²) < 4.78 is 0. The van der Waals surface area contributed by atoms with Gasteiger partial charge in [-0.05, 0) is 6.42 Å². The number of nitrogens with two attached hydrogens (primary N) is 1. The standard InChI is InChI=1S/C13H24N4O5S/c1-7(2)16-8(3-4-10(14)18)13(22)17-9(6-23)12(21)15-5-11(19)20/h7-9,16,23H,3-6H2,1-2H3,(H2,14,18)(H,15,21)(H,17,22)(H,19,20)/t8-,9-/m0/s1. The molecular weight excluding hydrogens is 324 g/mol. The minimum absolute atomic E-state index is 0.00140. The maximum atomic E-state index is 12.2. The van der Waals surface area contributed by atoms with Crippen LogP contribution in [0.1, 0.15) is 26.7 Å². The minimum Gasteiger partial charge on any atom is -0.480 e. The number of hydrogen-bond acceptors (Lipinski definition) is 6. The highest BCUT2D eigenvalue weighted by molar-refractivity contribution is 7.80. The molecule has 0 spiro atoms. The first-order valence-electron chi connectivity index (χ1n) is 7.12. The van der Waals surface area contributed by atoms with Gasteiger partial charge in [-0.3, -0.25) is 19.2 Å². The molecule has 0 aromatic rings. The predicted octanol–water partition coefficient (Wildman–Crippen LogP) is -1.77. The third-order valence-corrected chi connectivity index (χ3v) is 3.12. The molecule has 2 atom stereocenters. The average molecular weight is 348 g/mol. The molecule has 0 saturated heterocycles. The third kappa shape index (κ3) is 9.74. The van der Waals surface area contributed by atoms with E-state index >= 15 is 0 Å². The summed E-state index contributed by atoms with van der Waals surface area (Å²) in [5, 5.41) is 16.2. The second-order valence-electron chi connectivity index (χ2n) is 5.23. The Bertz CT molecular complexity index is 444. The van der Waals surface area contributed by atoms with Crippen molar-refractivity contribution in [2.45, 2.75) is 44.8 Å². The first-order valence-corrected chi connectivity index (χ1v) is 7.75. The largest absolute Gasteiger partial charge is 0.480 e. The molecule has 0 aliphatic rings. The van der Waals surface area contributed by atoms with Gasteiger partial charge in [0.15, 0.2) is 0 Å². The van der Waals surface area contributed by atoms with E-state index in [1.807, 2.05) is 13.8 Å². The van der Waals surface area contributed by atoms with Crippen molar-refractivity contribution in [3.63, 3.8) is 0 Å². The summed E-state index contributed by atoms with van der Waals surface area (Å²) in [6, 6.07) is -1.69. The number of rotatable bonds is 11. The molecule has 0 rings (SSSR count). The van der Waals surface area contributed by atoms with E-state index in [0.29, 0.717) is 0 Å². The second kappa shape index (κ2) is 10.8. The molecule has 0 unspecified atom stereocenters. The summed E-state index contributed by atoms with van der Waals surface area (Å²) in [5.41, 5.74) is 5.08. The van der Waals surface area contributed by atoms with E-state index in [4.69, 9.17) is 10.8 Å². The Morgan fingerprint density at radius 1 is 1.13 bits per heavy atom. The van der Waals surface area contributed by atoms with Crippen molar-refractivity contribution in [3.8, 4) is 0 Å². The van der Waals surface area contributed by atoms with Gasteiger partial charge in [0.2, 0.25) is 17.7 Å². The zero-order chi connectivity index (χ0) is 18.0. The highest BCUT2D eigenvalue weighted by Crippen LogP contribution is 2.01. The summed E-state index contributed by atoms with van der Waals surface area (Å²) in [7, 11) is 0. The first kappa shape index (κ1) is 21.2. The molecule has 23 heavy (non-hydrogen) atoms. The monoisotopic (exact) mass is 348 g/mol. The zero-order valence-electron chi connectivity index (χ0n) is 13.2. The van der Waals surface area contributed by atoms with Gasteiger partial charge in [0.1, 0.15) is 12.6 Å². The smallest absolute Gasteiger partial charge is 0.322 e. The van der Waals surface area contributed by atoms with Gasteiger partial charge in [-0.25, -0.2) is 0 Å². The molecule has 0 saturated carbocycles. The molecular formula is C13H24N4O5S. The molecule has 0 heterocycles. The normalized spacial score (nSPS) is 13.2. The Labute approximate surface area is 140 Å². The van der Waals surface area contributed by atoms with Crippen molar-refractivity contribution in [1.29, 1.82) is 0 Å². The van der Waals surface area contributed by atoms with Crippen LogP contribution in [0.4, 0.5) is 0 Å². The molecule has 0 aromatic carbocycles. The van der Waals surface area contributed by atoms with Crippen LogP contribution < -0.4 is 21.7 Å². The van der Waals surface area contributed by atoms with Crippen LogP contribution in [0.25, 0.3) is 0 Å². The van der Waals surface area contributed by atoms with Crippen LogP contribution in [-0.4, -0.2) is 59.2 Å². The molecule has 0 bridgehead atoms. The Morgan fingerprint density at radius 3 is 2.17 bits per heavy atom. The lowest BCUT2D eigenvalue weighted by molar-refractivity contribution is -0.138. The maximum absolute atomic E-state index is 12.2. The fourth-order valence-corrected chi connectivity index (χ4v) is 1.99. The highest BCUT2D eigenvalue weighted by atomic mass is 32.1. The van der Waals surface area contributed by atoms with Gasteiger partial charge in [-0.1, -0.05) is 13.8 Å². The molecule has 0 fully saturated rings. The Kier molecular flexibility index (Phi) is 9.99. The van der Waals surface area contributed by atoms with Crippen molar-refractivity contribution in [2.24, 2.45) is 5.73 Å². The number of primary amides is 1. The lowest BCUT2D eigenvalue weighted by Crippen LogP contribution is -2.55. The van der Waals surface area contributed by atoms with E-state index in [1.165, 1.54) is 0 Å². The Morgan fingerprint density at radius 2 is 1.74 bits per heavy atom. The van der Waals surface area contributed by atoms with Crippen LogP contribution in [0.15, 0.2) is 0 Å². The molecule has 0 aromatic heterocycles. The molecule has 3 amide bonds. The van der Waals surface area contributed by atoms with Gasteiger partial charge in [-0.15, -0.1) is 0 Å². The SMILES string of the molecule is CC(C)N[C@@H](CCC(N)=O)C(=O)N[C@@H](CS)C(=O)NCC(=O)O. The number of amides is 3. The number of nitrogens with one attached hydrogen (secondary N) is 3. The number of thiol groups is 1. The number of carbonyl (C=O) groups excluding carboxylic acids is 3. The van der Waals surface area contributed by atoms with Crippen LogP contribution in [0.5, 0.6) is 0 Å². The van der Waals surface area contributed by atoms with Crippen molar-refractivity contribution >= 4 is 36.3 Å². The lowest BCUT2D eigenvalue weighted by Gasteiger charge is -2.23. The van der Waals surface area contributed by atoms with Gasteiger partial charge in [-0.2, -0.15) is 12.6 Å². The Hall–Kier alpha value is -1.81. The third-order valence-electron chi connectivity index (χ3n) is 2.76. The summed E-state index contributed by atoms with van der Waals surface area (Å²) in [4.78, 5) is 45.4. The van der Waals surface area contributed by atoms with Crippen molar-refractivity contribution in [1.82, 2.24) is 16.0 Å². The number of carboxylic acids is 1. The van der Waals surface area contributed by atoms with E-state index in [0.717, 1.165) is 0 Å². The van der Waals surface area contributed by atoms with E-state index in [1.54, 1.807) is 0 Å². The minimum atomic E-state index is -1.19. The quantitative estimate of drug-likeness (QED) is 0.243. The summed E-state index contributed by atoms with van der Waals surface area (Å²) in [5.74, 6) is -2.85. The fraction of sp³-hybridized carbons (Fsp3) is 0.692. The Balaban J connectivity index is 4.73.